The first-order chi connectivity index (χ1) is 14.1. The standard InChI is InChI=1S/C23H19N3O3/c1-16-9-11-18(12-10-16)29-20-7-3-2-6-17(20)14-25-22(27)19-15-24-21-8-4-5-13-26(21)23(19)28/h2-13,15H,14H2,1H3,(H,25,27). The highest BCUT2D eigenvalue weighted by atomic mass is 16.5. The van der Waals surface area contributed by atoms with Crippen LogP contribution in [0.25, 0.3) is 5.65 Å². The number of hydrogen-bond donors (Lipinski definition) is 1. The maximum absolute atomic E-state index is 12.6. The molecule has 0 bridgehead atoms. The normalized spacial score (nSPS) is 10.7. The Hall–Kier alpha value is -3.93. The van der Waals surface area contributed by atoms with Crippen LogP contribution in [-0.2, 0) is 6.54 Å². The molecule has 0 fully saturated rings. The molecule has 0 aliphatic rings. The number of aromatic nitrogens is 2. The van der Waals surface area contributed by atoms with Crippen LogP contribution in [0.3, 0.4) is 0 Å². The van der Waals surface area contributed by atoms with E-state index in [-0.39, 0.29) is 12.1 Å². The fourth-order valence-electron chi connectivity index (χ4n) is 2.94. The molecule has 0 saturated carbocycles. The van der Waals surface area contributed by atoms with Gasteiger partial charge in [0.05, 0.1) is 0 Å². The van der Waals surface area contributed by atoms with Gasteiger partial charge >= 0.3 is 0 Å². The maximum Gasteiger partial charge on any atom is 0.270 e. The van der Waals surface area contributed by atoms with E-state index < -0.39 is 11.5 Å². The van der Waals surface area contributed by atoms with Crippen LogP contribution in [0.4, 0.5) is 0 Å². The van der Waals surface area contributed by atoms with E-state index in [1.165, 1.54) is 10.6 Å². The second-order valence-electron chi connectivity index (χ2n) is 6.61. The Morgan fingerprint density at radius 1 is 1.03 bits per heavy atom. The third-order valence-corrected chi connectivity index (χ3v) is 4.52. The quantitative estimate of drug-likeness (QED) is 0.568. The minimum atomic E-state index is -0.481. The van der Waals surface area contributed by atoms with Gasteiger partial charge < -0.3 is 10.1 Å². The summed E-state index contributed by atoms with van der Waals surface area (Å²) in [5.74, 6) is 0.877. The molecule has 2 aromatic carbocycles. The molecule has 4 aromatic rings. The highest BCUT2D eigenvalue weighted by Crippen LogP contribution is 2.25. The van der Waals surface area contributed by atoms with Crippen LogP contribution >= 0.6 is 0 Å². The Bertz CT molecular complexity index is 1230. The summed E-state index contributed by atoms with van der Waals surface area (Å²) in [6, 6.07) is 20.4. The van der Waals surface area contributed by atoms with Crippen molar-refractivity contribution in [1.29, 1.82) is 0 Å². The number of para-hydroxylation sites is 1. The Labute approximate surface area is 167 Å². The van der Waals surface area contributed by atoms with Crippen molar-refractivity contribution in [3.05, 3.63) is 106 Å². The van der Waals surface area contributed by atoms with Gasteiger partial charge in [0.25, 0.3) is 11.5 Å². The number of nitrogens with zero attached hydrogens (tertiary/aromatic N) is 2. The minimum absolute atomic E-state index is 0.00867. The van der Waals surface area contributed by atoms with E-state index >= 15 is 0 Å². The fourth-order valence-corrected chi connectivity index (χ4v) is 2.94. The van der Waals surface area contributed by atoms with Gasteiger partial charge in [-0.25, -0.2) is 4.98 Å². The second-order valence-corrected chi connectivity index (χ2v) is 6.61. The Balaban J connectivity index is 1.52. The van der Waals surface area contributed by atoms with E-state index in [0.29, 0.717) is 17.1 Å². The van der Waals surface area contributed by atoms with Crippen molar-refractivity contribution in [3.8, 4) is 11.5 Å². The highest BCUT2D eigenvalue weighted by molar-refractivity contribution is 5.93. The smallest absolute Gasteiger partial charge is 0.270 e. The van der Waals surface area contributed by atoms with Crippen LogP contribution in [0, 0.1) is 6.92 Å². The largest absolute Gasteiger partial charge is 0.457 e. The third kappa shape index (κ3) is 4.01. The molecule has 0 spiro atoms. The molecule has 1 N–H and O–H groups in total. The van der Waals surface area contributed by atoms with Gasteiger partial charge in [-0.1, -0.05) is 42.0 Å². The van der Waals surface area contributed by atoms with Gasteiger partial charge in [0.1, 0.15) is 22.7 Å². The van der Waals surface area contributed by atoms with Gasteiger partial charge in [0.15, 0.2) is 0 Å². The SMILES string of the molecule is Cc1ccc(Oc2ccccc2CNC(=O)c2cnc3ccccn3c2=O)cc1. The van der Waals surface area contributed by atoms with Gasteiger partial charge in [-0.15, -0.1) is 0 Å². The molecule has 29 heavy (non-hydrogen) atoms. The first kappa shape index (κ1) is 18.4. The summed E-state index contributed by atoms with van der Waals surface area (Å²) in [5.41, 5.74) is 2.03. The number of nitrogens with one attached hydrogen (secondary N) is 1. The molecule has 2 heterocycles. The lowest BCUT2D eigenvalue weighted by Gasteiger charge is -2.12. The number of benzene rings is 2. The summed E-state index contributed by atoms with van der Waals surface area (Å²) in [6.07, 6.45) is 2.90. The number of pyridine rings is 1. The van der Waals surface area contributed by atoms with Crippen LogP contribution < -0.4 is 15.6 Å². The molecule has 2 aromatic heterocycles. The van der Waals surface area contributed by atoms with Crippen molar-refractivity contribution in [2.75, 3.05) is 0 Å². The molecule has 1 amide bonds. The molecule has 4 rings (SSSR count). The minimum Gasteiger partial charge on any atom is -0.457 e. The number of hydrogen-bond acceptors (Lipinski definition) is 4. The molecule has 0 unspecified atom stereocenters. The zero-order chi connectivity index (χ0) is 20.2. The first-order valence-corrected chi connectivity index (χ1v) is 9.19. The molecule has 6 heteroatoms. The van der Waals surface area contributed by atoms with Crippen molar-refractivity contribution in [1.82, 2.24) is 14.7 Å². The summed E-state index contributed by atoms with van der Waals surface area (Å²) in [7, 11) is 0. The average molecular weight is 385 g/mol. The zero-order valence-corrected chi connectivity index (χ0v) is 15.8. The van der Waals surface area contributed by atoms with E-state index in [4.69, 9.17) is 4.74 Å². The van der Waals surface area contributed by atoms with Crippen LogP contribution in [0.5, 0.6) is 11.5 Å². The molecular formula is C23H19N3O3. The van der Waals surface area contributed by atoms with E-state index in [9.17, 15) is 9.59 Å². The number of ether oxygens (including phenoxy) is 1. The van der Waals surface area contributed by atoms with Gasteiger partial charge in [-0.3, -0.25) is 14.0 Å². The predicted molar refractivity (Wildman–Crippen MR) is 110 cm³/mol. The summed E-state index contributed by atoms with van der Waals surface area (Å²) in [4.78, 5) is 29.3. The second kappa shape index (κ2) is 7.98. The van der Waals surface area contributed by atoms with Crippen molar-refractivity contribution >= 4 is 11.6 Å². The van der Waals surface area contributed by atoms with Gasteiger partial charge in [0, 0.05) is 24.5 Å². The van der Waals surface area contributed by atoms with Crippen LogP contribution in [0.1, 0.15) is 21.5 Å². The summed E-state index contributed by atoms with van der Waals surface area (Å²) >= 11 is 0. The van der Waals surface area contributed by atoms with E-state index in [0.717, 1.165) is 11.1 Å². The molecule has 0 saturated heterocycles. The average Bonchev–Trinajstić information content (AvgIpc) is 2.75. The van der Waals surface area contributed by atoms with Crippen molar-refractivity contribution in [2.24, 2.45) is 0 Å². The van der Waals surface area contributed by atoms with Gasteiger partial charge in [0.2, 0.25) is 0 Å². The molecule has 6 nitrogen and oxygen atoms in total. The molecule has 0 radical (unpaired) electrons. The fraction of sp³-hybridized carbons (Fsp3) is 0.0870. The summed E-state index contributed by atoms with van der Waals surface area (Å²) in [6.45, 7) is 2.23. The maximum atomic E-state index is 12.6. The lowest BCUT2D eigenvalue weighted by Crippen LogP contribution is -2.31. The molecule has 0 atom stereocenters. The zero-order valence-electron chi connectivity index (χ0n) is 15.8. The molecule has 0 aliphatic heterocycles. The number of fused-ring (bicyclic) bond motifs is 1. The van der Waals surface area contributed by atoms with Crippen molar-refractivity contribution < 1.29 is 9.53 Å². The van der Waals surface area contributed by atoms with E-state index in [1.807, 2.05) is 55.5 Å². The van der Waals surface area contributed by atoms with Gasteiger partial charge in [-0.05, 0) is 37.3 Å². The first-order valence-electron chi connectivity index (χ1n) is 9.19. The number of carbonyl (C=O) groups is 1. The Kier molecular flexibility index (Phi) is 5.07. The number of aryl methyl sites for hydroxylation is 1. The van der Waals surface area contributed by atoms with Crippen LogP contribution in [0.2, 0.25) is 0 Å². The predicted octanol–water partition coefficient (Wildman–Crippen LogP) is 3.73. The topological polar surface area (TPSA) is 72.7 Å². The highest BCUT2D eigenvalue weighted by Gasteiger charge is 2.14. The Morgan fingerprint density at radius 3 is 2.62 bits per heavy atom. The van der Waals surface area contributed by atoms with Crippen LogP contribution in [0.15, 0.2) is 83.9 Å². The molecule has 0 aliphatic carbocycles. The summed E-state index contributed by atoms with van der Waals surface area (Å²) in [5, 5.41) is 2.78. The molecule has 144 valence electrons. The Morgan fingerprint density at radius 2 is 1.79 bits per heavy atom. The van der Waals surface area contributed by atoms with Crippen molar-refractivity contribution in [2.45, 2.75) is 13.5 Å². The van der Waals surface area contributed by atoms with E-state index in [1.54, 1.807) is 24.4 Å². The lowest BCUT2D eigenvalue weighted by atomic mass is 10.2. The number of carbonyl (C=O) groups excluding carboxylic acids is 1. The summed E-state index contributed by atoms with van der Waals surface area (Å²) < 4.78 is 7.30. The number of rotatable bonds is 5. The lowest BCUT2D eigenvalue weighted by molar-refractivity contribution is 0.0948. The third-order valence-electron chi connectivity index (χ3n) is 4.52. The van der Waals surface area contributed by atoms with Crippen molar-refractivity contribution in [3.63, 3.8) is 0 Å². The monoisotopic (exact) mass is 385 g/mol. The molecular weight excluding hydrogens is 366 g/mol. The number of amides is 1. The van der Waals surface area contributed by atoms with Crippen LogP contribution in [-0.4, -0.2) is 15.3 Å². The van der Waals surface area contributed by atoms with Gasteiger partial charge in [-0.2, -0.15) is 0 Å². The van der Waals surface area contributed by atoms with E-state index in [2.05, 4.69) is 10.3 Å².